The van der Waals surface area contributed by atoms with Gasteiger partial charge in [-0.15, -0.1) is 0 Å². The number of furan rings is 1. The zero-order valence-electron chi connectivity index (χ0n) is 15.8. The van der Waals surface area contributed by atoms with Crippen molar-refractivity contribution in [1.82, 2.24) is 9.13 Å². The van der Waals surface area contributed by atoms with Crippen molar-refractivity contribution in [1.29, 1.82) is 0 Å². The monoisotopic (exact) mass is 387 g/mol. The van der Waals surface area contributed by atoms with Crippen LogP contribution in [0.3, 0.4) is 0 Å². The van der Waals surface area contributed by atoms with Crippen LogP contribution in [0.2, 0.25) is 0 Å². The molecule has 2 aromatic heterocycles. The maximum atomic E-state index is 13.0. The highest BCUT2D eigenvalue weighted by Gasteiger charge is 2.38. The molecule has 7 heteroatoms. The van der Waals surface area contributed by atoms with E-state index < -0.39 is 17.2 Å². The standard InChI is InChI=1S/C22H17N3O4/c1-24-20(27)17-15(12-8-4-3-5-9-12)18(29-21(17)25(2)22(24)28)16-13-10-6-7-11-14(13)23-19(16)26/h3-11,16H,1-2H3,(H,23,26). The number of nitrogens with one attached hydrogen (secondary N) is 1. The molecule has 0 saturated heterocycles. The van der Waals surface area contributed by atoms with Crippen LogP contribution in [0.4, 0.5) is 5.69 Å². The minimum Gasteiger partial charge on any atom is -0.442 e. The molecular weight excluding hydrogens is 370 g/mol. The Morgan fingerprint density at radius 3 is 2.34 bits per heavy atom. The van der Waals surface area contributed by atoms with Gasteiger partial charge in [0.25, 0.3) is 5.56 Å². The Hall–Kier alpha value is -3.87. The molecule has 1 amide bonds. The number of aromatic nitrogens is 2. The first kappa shape index (κ1) is 17.2. The molecule has 29 heavy (non-hydrogen) atoms. The summed E-state index contributed by atoms with van der Waals surface area (Å²) >= 11 is 0. The lowest BCUT2D eigenvalue weighted by atomic mass is 9.92. The number of para-hydroxylation sites is 1. The van der Waals surface area contributed by atoms with Crippen LogP contribution < -0.4 is 16.6 Å². The van der Waals surface area contributed by atoms with Crippen LogP contribution in [0, 0.1) is 0 Å². The van der Waals surface area contributed by atoms with E-state index in [-0.39, 0.29) is 17.0 Å². The summed E-state index contributed by atoms with van der Waals surface area (Å²) in [6.45, 7) is 0. The Labute approximate surface area is 164 Å². The first-order chi connectivity index (χ1) is 14.0. The third-order valence-corrected chi connectivity index (χ3v) is 5.43. The molecular formula is C22H17N3O4. The van der Waals surface area contributed by atoms with E-state index in [9.17, 15) is 14.4 Å². The molecule has 1 unspecified atom stereocenters. The summed E-state index contributed by atoms with van der Waals surface area (Å²) in [5, 5.41) is 3.16. The van der Waals surface area contributed by atoms with Gasteiger partial charge < -0.3 is 9.73 Å². The van der Waals surface area contributed by atoms with Gasteiger partial charge in [-0.1, -0.05) is 48.5 Å². The average molecular weight is 387 g/mol. The Bertz CT molecular complexity index is 1410. The van der Waals surface area contributed by atoms with Crippen LogP contribution in [0.1, 0.15) is 17.2 Å². The van der Waals surface area contributed by atoms with Crippen molar-refractivity contribution in [3.8, 4) is 11.1 Å². The Morgan fingerprint density at radius 2 is 1.59 bits per heavy atom. The molecule has 0 spiro atoms. The quantitative estimate of drug-likeness (QED) is 0.573. The summed E-state index contributed by atoms with van der Waals surface area (Å²) in [5.74, 6) is -0.593. The maximum absolute atomic E-state index is 13.0. The fourth-order valence-corrected chi connectivity index (χ4v) is 4.00. The van der Waals surface area contributed by atoms with Gasteiger partial charge in [-0.2, -0.15) is 0 Å². The molecule has 0 saturated carbocycles. The smallest absolute Gasteiger partial charge is 0.333 e. The maximum Gasteiger partial charge on any atom is 0.333 e. The normalized spacial score (nSPS) is 15.5. The van der Waals surface area contributed by atoms with Crippen LogP contribution in [0.25, 0.3) is 22.2 Å². The molecule has 0 aliphatic carbocycles. The second-order valence-electron chi connectivity index (χ2n) is 7.10. The van der Waals surface area contributed by atoms with Gasteiger partial charge in [0.1, 0.15) is 17.1 Å². The molecule has 144 valence electrons. The number of aryl methyl sites for hydroxylation is 1. The van der Waals surface area contributed by atoms with Gasteiger partial charge in [-0.05, 0) is 17.2 Å². The van der Waals surface area contributed by atoms with Gasteiger partial charge in [-0.3, -0.25) is 18.7 Å². The van der Waals surface area contributed by atoms with E-state index in [1.165, 1.54) is 11.6 Å². The first-order valence-electron chi connectivity index (χ1n) is 9.16. The van der Waals surface area contributed by atoms with Gasteiger partial charge in [0.15, 0.2) is 0 Å². The van der Waals surface area contributed by atoms with Crippen molar-refractivity contribution in [2.75, 3.05) is 5.32 Å². The van der Waals surface area contributed by atoms with Crippen LogP contribution in [-0.2, 0) is 18.9 Å². The van der Waals surface area contributed by atoms with Gasteiger partial charge in [0, 0.05) is 25.3 Å². The molecule has 4 aromatic rings. The molecule has 1 atom stereocenters. The second-order valence-corrected chi connectivity index (χ2v) is 7.10. The predicted molar refractivity (Wildman–Crippen MR) is 109 cm³/mol. The highest BCUT2D eigenvalue weighted by atomic mass is 16.4. The summed E-state index contributed by atoms with van der Waals surface area (Å²) in [6, 6.07) is 16.7. The predicted octanol–water partition coefficient (Wildman–Crippen LogP) is 2.58. The van der Waals surface area contributed by atoms with E-state index in [0.29, 0.717) is 17.0 Å². The Balaban J connectivity index is 1.94. The van der Waals surface area contributed by atoms with E-state index in [1.54, 1.807) is 7.05 Å². The zero-order chi connectivity index (χ0) is 20.3. The molecule has 1 aliphatic heterocycles. The number of fused-ring (bicyclic) bond motifs is 2. The number of anilines is 1. The van der Waals surface area contributed by atoms with Crippen molar-refractivity contribution in [2.24, 2.45) is 14.1 Å². The summed E-state index contributed by atoms with van der Waals surface area (Å²) in [4.78, 5) is 38.3. The van der Waals surface area contributed by atoms with Crippen molar-refractivity contribution < 1.29 is 9.21 Å². The first-order valence-corrected chi connectivity index (χ1v) is 9.16. The van der Waals surface area contributed by atoms with Gasteiger partial charge in [-0.25, -0.2) is 4.79 Å². The fraction of sp³-hybridized carbons (Fsp3) is 0.136. The number of carbonyl (C=O) groups is 1. The van der Waals surface area contributed by atoms with Gasteiger partial charge in [0.05, 0.1) is 0 Å². The zero-order valence-corrected chi connectivity index (χ0v) is 15.8. The van der Waals surface area contributed by atoms with Crippen LogP contribution in [0.15, 0.2) is 68.6 Å². The summed E-state index contributed by atoms with van der Waals surface area (Å²) in [7, 11) is 2.98. The molecule has 0 bridgehead atoms. The van der Waals surface area contributed by atoms with Crippen molar-refractivity contribution >= 4 is 22.7 Å². The molecule has 1 N–H and O–H groups in total. The largest absolute Gasteiger partial charge is 0.442 e. The minimum absolute atomic E-state index is 0.157. The summed E-state index contributed by atoms with van der Waals surface area (Å²) in [5.41, 5.74) is 1.98. The van der Waals surface area contributed by atoms with E-state index >= 15 is 0 Å². The number of nitrogens with zero attached hydrogens (tertiary/aromatic N) is 2. The SMILES string of the molecule is Cn1c(=O)c2c(-c3ccccc3)c(C3C(=O)Nc4ccccc43)oc2n(C)c1=O. The lowest BCUT2D eigenvalue weighted by Gasteiger charge is -2.09. The lowest BCUT2D eigenvalue weighted by Crippen LogP contribution is -2.36. The topological polar surface area (TPSA) is 86.2 Å². The van der Waals surface area contributed by atoms with E-state index in [2.05, 4.69) is 5.32 Å². The van der Waals surface area contributed by atoms with Crippen molar-refractivity contribution in [3.05, 3.63) is 86.8 Å². The van der Waals surface area contributed by atoms with E-state index in [4.69, 9.17) is 4.42 Å². The highest BCUT2D eigenvalue weighted by molar-refractivity contribution is 6.07. The van der Waals surface area contributed by atoms with Crippen LogP contribution in [0.5, 0.6) is 0 Å². The number of amides is 1. The van der Waals surface area contributed by atoms with Crippen molar-refractivity contribution in [3.63, 3.8) is 0 Å². The molecule has 0 fully saturated rings. The van der Waals surface area contributed by atoms with Crippen molar-refractivity contribution in [2.45, 2.75) is 5.92 Å². The number of rotatable bonds is 2. The fourth-order valence-electron chi connectivity index (χ4n) is 4.00. The number of carbonyl (C=O) groups excluding carboxylic acids is 1. The average Bonchev–Trinajstić information content (AvgIpc) is 3.28. The second kappa shape index (κ2) is 6.07. The van der Waals surface area contributed by atoms with E-state index in [0.717, 1.165) is 15.7 Å². The summed E-state index contributed by atoms with van der Waals surface area (Å²) in [6.07, 6.45) is 0. The molecule has 1 aliphatic rings. The van der Waals surface area contributed by atoms with Crippen LogP contribution >= 0.6 is 0 Å². The number of hydrogen-bond acceptors (Lipinski definition) is 4. The molecule has 0 radical (unpaired) electrons. The highest BCUT2D eigenvalue weighted by Crippen LogP contribution is 2.44. The third kappa shape index (κ3) is 2.34. The lowest BCUT2D eigenvalue weighted by molar-refractivity contribution is -0.116. The number of benzene rings is 2. The molecule has 3 heterocycles. The van der Waals surface area contributed by atoms with Crippen LogP contribution in [-0.4, -0.2) is 15.0 Å². The molecule has 2 aromatic carbocycles. The third-order valence-electron chi connectivity index (χ3n) is 5.43. The Morgan fingerprint density at radius 1 is 0.897 bits per heavy atom. The molecule has 7 nitrogen and oxygen atoms in total. The van der Waals surface area contributed by atoms with E-state index in [1.807, 2.05) is 54.6 Å². The summed E-state index contributed by atoms with van der Waals surface area (Å²) < 4.78 is 8.45. The number of hydrogen-bond donors (Lipinski definition) is 1. The Kier molecular flexibility index (Phi) is 3.61. The van der Waals surface area contributed by atoms with Gasteiger partial charge in [0.2, 0.25) is 11.6 Å². The van der Waals surface area contributed by atoms with Gasteiger partial charge >= 0.3 is 5.69 Å². The molecule has 5 rings (SSSR count). The minimum atomic E-state index is -0.714.